The number of amides is 1. The molecule has 3 heterocycles. The number of H-pyrrole nitrogens is 1. The van der Waals surface area contributed by atoms with Gasteiger partial charge < -0.3 is 14.9 Å². The zero-order chi connectivity index (χ0) is 28.7. The van der Waals surface area contributed by atoms with Crippen LogP contribution in [-0.4, -0.2) is 30.6 Å². The van der Waals surface area contributed by atoms with Gasteiger partial charge in [0.2, 0.25) is 0 Å². The van der Waals surface area contributed by atoms with E-state index in [1.165, 1.54) is 11.1 Å². The van der Waals surface area contributed by atoms with Gasteiger partial charge in [0.15, 0.2) is 5.82 Å². The Morgan fingerprint density at radius 1 is 0.833 bits per heavy atom. The van der Waals surface area contributed by atoms with E-state index in [4.69, 9.17) is 10.2 Å². The largest absolute Gasteiger partial charge is 0.361 e. The summed E-state index contributed by atoms with van der Waals surface area (Å²) in [5, 5.41) is 13.8. The first kappa shape index (κ1) is 27.1. The first-order valence-electron chi connectivity index (χ1n) is 14.5. The van der Waals surface area contributed by atoms with Crippen molar-refractivity contribution in [3.63, 3.8) is 0 Å². The fraction of sp³-hybridized carbons (Fsp3) is 0.200. The first-order chi connectivity index (χ1) is 20.7. The van der Waals surface area contributed by atoms with E-state index < -0.39 is 6.04 Å². The van der Waals surface area contributed by atoms with Crippen molar-refractivity contribution in [3.05, 3.63) is 149 Å². The van der Waals surface area contributed by atoms with Crippen molar-refractivity contribution in [1.29, 1.82) is 0 Å². The minimum Gasteiger partial charge on any atom is -0.361 e. The lowest BCUT2D eigenvalue weighted by Crippen LogP contribution is -2.33. The maximum Gasteiger partial charge on any atom is 0.270 e. The average molecular weight is 555 g/mol. The van der Waals surface area contributed by atoms with Crippen LogP contribution in [0.2, 0.25) is 0 Å². The topological polar surface area (TPSA) is 88.5 Å². The molecule has 0 bridgehead atoms. The lowest BCUT2D eigenvalue weighted by atomic mass is 10.0. The average Bonchev–Trinajstić information content (AvgIpc) is 3.64. The third kappa shape index (κ3) is 6.15. The number of nitrogens with zero attached hydrogens (tertiary/aromatic N) is 4. The van der Waals surface area contributed by atoms with Gasteiger partial charge in [-0.05, 0) is 53.3 Å². The second-order valence-electron chi connectivity index (χ2n) is 10.5. The summed E-state index contributed by atoms with van der Waals surface area (Å²) in [6.07, 6.45) is 6.78. The van der Waals surface area contributed by atoms with Gasteiger partial charge in [-0.2, -0.15) is 0 Å². The summed E-state index contributed by atoms with van der Waals surface area (Å²) in [7, 11) is 0. The van der Waals surface area contributed by atoms with E-state index in [9.17, 15) is 4.79 Å². The molecule has 1 atom stereocenters. The Kier molecular flexibility index (Phi) is 8.17. The predicted molar refractivity (Wildman–Crippen MR) is 165 cm³/mol. The highest BCUT2D eigenvalue weighted by Gasteiger charge is 2.26. The van der Waals surface area contributed by atoms with Crippen molar-refractivity contribution in [2.24, 2.45) is 0 Å². The molecular formula is C35H34N6O. The molecular weight excluding hydrogens is 520 g/mol. The molecule has 7 nitrogen and oxygen atoms in total. The Bertz CT molecular complexity index is 1760. The molecule has 3 aromatic carbocycles. The van der Waals surface area contributed by atoms with Gasteiger partial charge in [0.25, 0.3) is 5.91 Å². The number of carbonyl (C=O) groups is 1. The number of carbonyl (C=O) groups excluding carboxylic acids is 1. The first-order valence-corrected chi connectivity index (χ1v) is 14.5. The van der Waals surface area contributed by atoms with Crippen molar-refractivity contribution in [1.82, 2.24) is 30.0 Å². The Morgan fingerprint density at radius 2 is 1.60 bits per heavy atom. The molecule has 0 aliphatic carbocycles. The highest BCUT2D eigenvalue weighted by Crippen LogP contribution is 2.26. The Balaban J connectivity index is 1.38. The van der Waals surface area contributed by atoms with Crippen LogP contribution in [0.15, 0.2) is 109 Å². The van der Waals surface area contributed by atoms with Gasteiger partial charge in [0.1, 0.15) is 11.5 Å². The van der Waals surface area contributed by atoms with Crippen LogP contribution >= 0.6 is 0 Å². The predicted octanol–water partition coefficient (Wildman–Crippen LogP) is 6.26. The van der Waals surface area contributed by atoms with E-state index >= 15 is 0 Å². The SMILES string of the molecule is CCc1ccc(Cn2c(CCc3ccccc3)nnc2[C@@H](Cc2c[nH]c3ccccc23)NC(=O)c2ccccn2)cc1. The van der Waals surface area contributed by atoms with E-state index in [0.29, 0.717) is 18.7 Å². The van der Waals surface area contributed by atoms with E-state index in [-0.39, 0.29) is 5.91 Å². The van der Waals surface area contributed by atoms with Crippen LogP contribution < -0.4 is 5.32 Å². The molecule has 1 amide bonds. The molecule has 0 unspecified atom stereocenters. The number of hydrogen-bond acceptors (Lipinski definition) is 4. The molecule has 0 aliphatic rings. The van der Waals surface area contributed by atoms with Crippen LogP contribution in [0.25, 0.3) is 10.9 Å². The number of aromatic amines is 1. The third-order valence-electron chi connectivity index (χ3n) is 7.72. The highest BCUT2D eigenvalue weighted by molar-refractivity contribution is 5.92. The van der Waals surface area contributed by atoms with Crippen molar-refractivity contribution >= 4 is 16.8 Å². The molecule has 210 valence electrons. The molecule has 7 heteroatoms. The van der Waals surface area contributed by atoms with E-state index in [1.54, 1.807) is 18.3 Å². The van der Waals surface area contributed by atoms with E-state index in [0.717, 1.165) is 52.9 Å². The second kappa shape index (κ2) is 12.6. The third-order valence-corrected chi connectivity index (χ3v) is 7.72. The number of hydrogen-bond donors (Lipinski definition) is 2. The zero-order valence-electron chi connectivity index (χ0n) is 23.7. The van der Waals surface area contributed by atoms with Crippen LogP contribution in [0.5, 0.6) is 0 Å². The zero-order valence-corrected chi connectivity index (χ0v) is 23.7. The van der Waals surface area contributed by atoms with Crippen LogP contribution in [0.4, 0.5) is 0 Å². The second-order valence-corrected chi connectivity index (χ2v) is 10.5. The van der Waals surface area contributed by atoms with Gasteiger partial charge in [0, 0.05) is 36.1 Å². The van der Waals surface area contributed by atoms with Gasteiger partial charge in [0.05, 0.1) is 12.6 Å². The fourth-order valence-corrected chi connectivity index (χ4v) is 5.38. The maximum absolute atomic E-state index is 13.4. The van der Waals surface area contributed by atoms with Crippen LogP contribution in [0, 0.1) is 0 Å². The number of para-hydroxylation sites is 1. The summed E-state index contributed by atoms with van der Waals surface area (Å²) in [5.74, 6) is 1.38. The number of benzene rings is 3. The number of aromatic nitrogens is 5. The lowest BCUT2D eigenvalue weighted by Gasteiger charge is -2.20. The Hall–Kier alpha value is -5.04. The van der Waals surface area contributed by atoms with E-state index in [2.05, 4.69) is 87.4 Å². The number of nitrogens with one attached hydrogen (secondary N) is 2. The molecule has 0 fully saturated rings. The van der Waals surface area contributed by atoms with Gasteiger partial charge in [-0.25, -0.2) is 0 Å². The minimum absolute atomic E-state index is 0.242. The molecule has 0 aliphatic heterocycles. The van der Waals surface area contributed by atoms with Gasteiger partial charge in [-0.15, -0.1) is 10.2 Å². The molecule has 6 aromatic rings. The van der Waals surface area contributed by atoms with Crippen molar-refractivity contribution < 1.29 is 4.79 Å². The van der Waals surface area contributed by atoms with E-state index in [1.807, 2.05) is 30.5 Å². The molecule has 3 aromatic heterocycles. The van der Waals surface area contributed by atoms with Gasteiger partial charge >= 0.3 is 0 Å². The number of fused-ring (bicyclic) bond motifs is 1. The fourth-order valence-electron chi connectivity index (χ4n) is 5.38. The van der Waals surface area contributed by atoms with Gasteiger partial charge in [-0.3, -0.25) is 9.78 Å². The molecule has 42 heavy (non-hydrogen) atoms. The molecule has 0 saturated carbocycles. The van der Waals surface area contributed by atoms with Gasteiger partial charge in [-0.1, -0.05) is 85.8 Å². The Labute approximate surface area is 245 Å². The maximum atomic E-state index is 13.4. The quantitative estimate of drug-likeness (QED) is 0.198. The van der Waals surface area contributed by atoms with Crippen molar-refractivity contribution in [2.75, 3.05) is 0 Å². The molecule has 6 rings (SSSR count). The van der Waals surface area contributed by atoms with Crippen molar-refractivity contribution in [2.45, 2.75) is 45.2 Å². The number of pyridine rings is 1. The summed E-state index contributed by atoms with van der Waals surface area (Å²) < 4.78 is 2.18. The normalized spacial score (nSPS) is 11.9. The summed E-state index contributed by atoms with van der Waals surface area (Å²) >= 11 is 0. The van der Waals surface area contributed by atoms with Crippen LogP contribution in [0.1, 0.15) is 57.4 Å². The molecule has 2 N–H and O–H groups in total. The molecule has 0 saturated heterocycles. The summed E-state index contributed by atoms with van der Waals surface area (Å²) in [4.78, 5) is 21.1. The summed E-state index contributed by atoms with van der Waals surface area (Å²) in [6.45, 7) is 2.77. The minimum atomic E-state index is -0.424. The standard InChI is InChI=1S/C35H34N6O/c1-2-25-15-17-27(18-16-25)24-41-33(20-19-26-10-4-3-5-11-26)39-40-34(41)32(38-35(42)31-14-8-9-21-36-31)22-28-23-37-30-13-7-6-12-29(28)30/h3-18,21,23,32,37H,2,19-20,22,24H2,1H3,(H,38,42)/t32-/m1/s1. The van der Waals surface area contributed by atoms with Crippen molar-refractivity contribution in [3.8, 4) is 0 Å². The summed E-state index contributed by atoms with van der Waals surface area (Å²) in [6, 6.07) is 32.3. The number of rotatable bonds is 11. The highest BCUT2D eigenvalue weighted by atomic mass is 16.2. The Morgan fingerprint density at radius 3 is 2.38 bits per heavy atom. The molecule has 0 spiro atoms. The van der Waals surface area contributed by atoms with Crippen LogP contribution in [-0.2, 0) is 32.2 Å². The lowest BCUT2D eigenvalue weighted by molar-refractivity contribution is 0.0929. The smallest absolute Gasteiger partial charge is 0.270 e. The summed E-state index contributed by atoms with van der Waals surface area (Å²) in [5.41, 5.74) is 6.24. The molecule has 0 radical (unpaired) electrons. The number of aryl methyl sites for hydroxylation is 3. The van der Waals surface area contributed by atoms with Crippen LogP contribution in [0.3, 0.4) is 0 Å². The monoisotopic (exact) mass is 554 g/mol.